The molecule has 0 saturated carbocycles. The van der Waals surface area contributed by atoms with Gasteiger partial charge in [-0.15, -0.1) is 5.10 Å². The van der Waals surface area contributed by atoms with E-state index < -0.39 is 0 Å². The van der Waals surface area contributed by atoms with Gasteiger partial charge in [-0.25, -0.2) is 4.68 Å². The highest BCUT2D eigenvalue weighted by molar-refractivity contribution is 7.80. The summed E-state index contributed by atoms with van der Waals surface area (Å²) in [5, 5.41) is 14.3. The van der Waals surface area contributed by atoms with E-state index in [0.717, 1.165) is 25.1 Å². The topological polar surface area (TPSA) is 106 Å². The van der Waals surface area contributed by atoms with Gasteiger partial charge in [0.1, 0.15) is 6.33 Å². The highest BCUT2D eigenvalue weighted by atomic mass is 32.1. The third-order valence-corrected chi connectivity index (χ3v) is 3.79. The smallest absolute Gasteiger partial charge is 0.269 e. The van der Waals surface area contributed by atoms with Crippen molar-refractivity contribution in [2.24, 2.45) is 0 Å². The van der Waals surface area contributed by atoms with Gasteiger partial charge < -0.3 is 10.1 Å². The lowest BCUT2D eigenvalue weighted by molar-refractivity contribution is 0.0943. The van der Waals surface area contributed by atoms with Crippen LogP contribution in [0.25, 0.3) is 5.69 Å². The maximum Gasteiger partial charge on any atom is 0.269 e. The van der Waals surface area contributed by atoms with Crippen molar-refractivity contribution in [3.63, 3.8) is 0 Å². The van der Waals surface area contributed by atoms with Crippen LogP contribution in [0.15, 0.2) is 30.6 Å². The fourth-order valence-corrected chi connectivity index (χ4v) is 2.42. The first-order valence-electron chi connectivity index (χ1n) is 7.51. The lowest BCUT2D eigenvalue weighted by Gasteiger charge is -2.14. The molecule has 1 aromatic heterocycles. The molecule has 1 aromatic carbocycles. The van der Waals surface area contributed by atoms with E-state index in [2.05, 4.69) is 31.7 Å². The molecule has 1 fully saturated rings. The number of benzene rings is 1. The molecule has 1 saturated heterocycles. The van der Waals surface area contributed by atoms with E-state index in [4.69, 9.17) is 17.0 Å². The number of nitrogens with one attached hydrogen (secondary N) is 3. The van der Waals surface area contributed by atoms with Crippen LogP contribution in [-0.4, -0.2) is 50.5 Å². The van der Waals surface area contributed by atoms with E-state index in [9.17, 15) is 4.79 Å². The number of hydrogen-bond donors (Lipinski definition) is 3. The van der Waals surface area contributed by atoms with Gasteiger partial charge in [0.15, 0.2) is 5.11 Å². The molecule has 10 heteroatoms. The number of rotatable bonds is 4. The van der Waals surface area contributed by atoms with E-state index in [1.807, 2.05) is 0 Å². The summed E-state index contributed by atoms with van der Waals surface area (Å²) < 4.78 is 6.99. The molecule has 2 aromatic rings. The van der Waals surface area contributed by atoms with Crippen LogP contribution < -0.4 is 16.2 Å². The molecule has 126 valence electrons. The standard InChI is InChI=1S/C14H17N7O2S/c22-13(17-18-14(24)15-8-12-2-1-7-23-12)10-3-5-11(6-4-10)21-9-16-19-20-21/h3-6,9,12H,1-2,7-8H2,(H,17,22)(H2,15,18,24)/t12-/m1/s1. The van der Waals surface area contributed by atoms with Crippen LogP contribution in [-0.2, 0) is 4.74 Å². The number of hydrazine groups is 1. The molecule has 24 heavy (non-hydrogen) atoms. The maximum absolute atomic E-state index is 12.1. The zero-order valence-electron chi connectivity index (χ0n) is 12.8. The molecule has 1 atom stereocenters. The Hall–Kier alpha value is -2.59. The van der Waals surface area contributed by atoms with Crippen molar-refractivity contribution in [3.8, 4) is 5.69 Å². The monoisotopic (exact) mass is 347 g/mol. The van der Waals surface area contributed by atoms with E-state index in [1.54, 1.807) is 24.3 Å². The minimum absolute atomic E-state index is 0.180. The number of tetrazole rings is 1. The minimum Gasteiger partial charge on any atom is -0.376 e. The normalized spacial score (nSPS) is 16.6. The van der Waals surface area contributed by atoms with Gasteiger partial charge in [-0.1, -0.05) is 0 Å². The Kier molecular flexibility index (Phi) is 5.29. The van der Waals surface area contributed by atoms with Crippen molar-refractivity contribution < 1.29 is 9.53 Å². The SMILES string of the molecule is O=C(NNC(=S)NC[C@H]1CCCO1)c1ccc(-n2cnnn2)cc1. The number of nitrogens with zero attached hydrogens (tertiary/aromatic N) is 4. The Balaban J connectivity index is 1.45. The van der Waals surface area contributed by atoms with E-state index in [-0.39, 0.29) is 12.0 Å². The summed E-state index contributed by atoms with van der Waals surface area (Å²) in [7, 11) is 0. The van der Waals surface area contributed by atoms with Gasteiger partial charge in [-0.3, -0.25) is 15.6 Å². The van der Waals surface area contributed by atoms with Crippen LogP contribution in [0, 0.1) is 0 Å². The number of carbonyl (C=O) groups is 1. The van der Waals surface area contributed by atoms with Gasteiger partial charge in [0, 0.05) is 18.7 Å². The second-order valence-corrected chi connectivity index (χ2v) is 5.63. The molecule has 1 aliphatic heterocycles. The number of aromatic nitrogens is 4. The van der Waals surface area contributed by atoms with Crippen LogP contribution in [0.5, 0.6) is 0 Å². The van der Waals surface area contributed by atoms with Crippen LogP contribution in [0.4, 0.5) is 0 Å². The summed E-state index contributed by atoms with van der Waals surface area (Å²) in [6.45, 7) is 1.42. The van der Waals surface area contributed by atoms with Gasteiger partial charge in [0.25, 0.3) is 5.91 Å². The van der Waals surface area contributed by atoms with Gasteiger partial charge in [0.2, 0.25) is 0 Å². The lowest BCUT2D eigenvalue weighted by Crippen LogP contribution is -2.48. The number of carbonyl (C=O) groups excluding carboxylic acids is 1. The molecule has 3 rings (SSSR count). The maximum atomic E-state index is 12.1. The van der Waals surface area contributed by atoms with Crippen LogP contribution in [0.2, 0.25) is 0 Å². The highest BCUT2D eigenvalue weighted by Crippen LogP contribution is 2.10. The summed E-state index contributed by atoms with van der Waals surface area (Å²) in [6, 6.07) is 6.85. The van der Waals surface area contributed by atoms with Crippen molar-refractivity contribution in [1.29, 1.82) is 0 Å². The lowest BCUT2D eigenvalue weighted by atomic mass is 10.2. The number of ether oxygens (including phenoxy) is 1. The van der Waals surface area contributed by atoms with Gasteiger partial charge in [-0.2, -0.15) is 0 Å². The van der Waals surface area contributed by atoms with Crippen LogP contribution in [0.3, 0.4) is 0 Å². The Bertz CT molecular complexity index is 684. The largest absolute Gasteiger partial charge is 0.376 e. The first kappa shape index (κ1) is 16.3. The quantitative estimate of drug-likeness (QED) is 0.522. The average Bonchev–Trinajstić information content (AvgIpc) is 3.31. The summed E-state index contributed by atoms with van der Waals surface area (Å²) in [4.78, 5) is 12.1. The molecule has 9 nitrogen and oxygen atoms in total. The molecule has 0 bridgehead atoms. The molecule has 1 aliphatic rings. The molecule has 3 N–H and O–H groups in total. The number of amides is 1. The third-order valence-electron chi connectivity index (χ3n) is 3.55. The first-order valence-corrected chi connectivity index (χ1v) is 7.92. The zero-order chi connectivity index (χ0) is 16.8. The van der Waals surface area contributed by atoms with Crippen molar-refractivity contribution in [2.45, 2.75) is 18.9 Å². The van der Waals surface area contributed by atoms with Crippen LogP contribution in [0.1, 0.15) is 23.2 Å². The molecule has 2 heterocycles. The van der Waals surface area contributed by atoms with Gasteiger partial charge in [-0.05, 0) is 59.8 Å². The van der Waals surface area contributed by atoms with E-state index >= 15 is 0 Å². The predicted octanol–water partition coefficient (Wildman–Crippen LogP) is -0.0498. The van der Waals surface area contributed by atoms with Crippen molar-refractivity contribution >= 4 is 23.2 Å². The van der Waals surface area contributed by atoms with Gasteiger partial charge in [0.05, 0.1) is 11.8 Å². The summed E-state index contributed by atoms with van der Waals surface area (Å²) in [5.74, 6) is -0.292. The molecule has 0 unspecified atom stereocenters. The molecule has 0 aliphatic carbocycles. The second kappa shape index (κ2) is 7.79. The number of hydrogen-bond acceptors (Lipinski definition) is 6. The second-order valence-electron chi connectivity index (χ2n) is 5.23. The highest BCUT2D eigenvalue weighted by Gasteiger charge is 2.15. The third kappa shape index (κ3) is 4.24. The van der Waals surface area contributed by atoms with Crippen molar-refractivity contribution in [2.75, 3.05) is 13.2 Å². The Morgan fingerprint density at radius 1 is 1.33 bits per heavy atom. The van der Waals surface area contributed by atoms with Crippen LogP contribution >= 0.6 is 12.2 Å². The molecular formula is C14H17N7O2S. The fraction of sp³-hybridized carbons (Fsp3) is 0.357. The molecular weight excluding hydrogens is 330 g/mol. The van der Waals surface area contributed by atoms with Crippen molar-refractivity contribution in [1.82, 2.24) is 36.4 Å². The predicted molar refractivity (Wildman–Crippen MR) is 89.3 cm³/mol. The Labute approximate surface area is 143 Å². The van der Waals surface area contributed by atoms with E-state index in [0.29, 0.717) is 17.2 Å². The summed E-state index contributed by atoms with van der Waals surface area (Å²) in [5.41, 5.74) is 6.47. The Morgan fingerprint density at radius 2 is 2.17 bits per heavy atom. The van der Waals surface area contributed by atoms with E-state index in [1.165, 1.54) is 11.0 Å². The Morgan fingerprint density at radius 3 is 2.83 bits per heavy atom. The first-order chi connectivity index (χ1) is 11.7. The summed E-state index contributed by atoms with van der Waals surface area (Å²) >= 11 is 5.11. The fourth-order valence-electron chi connectivity index (χ4n) is 2.29. The molecule has 1 amide bonds. The number of thiocarbonyl (C=S) groups is 1. The molecule has 0 radical (unpaired) electrons. The minimum atomic E-state index is -0.292. The summed E-state index contributed by atoms with van der Waals surface area (Å²) in [6.07, 6.45) is 3.76. The zero-order valence-corrected chi connectivity index (χ0v) is 13.6. The average molecular weight is 347 g/mol. The van der Waals surface area contributed by atoms with Crippen molar-refractivity contribution in [3.05, 3.63) is 36.2 Å². The molecule has 0 spiro atoms. The van der Waals surface area contributed by atoms with Gasteiger partial charge >= 0.3 is 0 Å².